The van der Waals surface area contributed by atoms with Gasteiger partial charge in [-0.25, -0.2) is 0 Å². The number of rotatable bonds is 5. The zero-order valence-electron chi connectivity index (χ0n) is 35.1. The summed E-state index contributed by atoms with van der Waals surface area (Å²) in [6.45, 7) is 0. The SMILES string of the molecule is c1ccc(-c2c3ccccc3c(-c3cccc4cc(-c5ccc6c(-c7c8ccccc8c(-c8cccc9ccccc89)c8ccccc78)cccc6c5)ccc34)c3ccccc23)cc1. The monoisotopic (exact) mass is 808 g/mol. The average Bonchev–Trinajstić information content (AvgIpc) is 3.36. The van der Waals surface area contributed by atoms with Crippen LogP contribution in [-0.2, 0) is 0 Å². The predicted molar refractivity (Wildman–Crippen MR) is 276 cm³/mol. The molecule has 64 heavy (non-hydrogen) atoms. The van der Waals surface area contributed by atoms with Gasteiger partial charge in [0.15, 0.2) is 0 Å². The van der Waals surface area contributed by atoms with Crippen molar-refractivity contribution >= 4 is 75.4 Å². The van der Waals surface area contributed by atoms with Gasteiger partial charge in [-0.3, -0.25) is 0 Å². The smallest absolute Gasteiger partial charge is 0.00201 e. The van der Waals surface area contributed by atoms with Crippen molar-refractivity contribution in [2.45, 2.75) is 0 Å². The summed E-state index contributed by atoms with van der Waals surface area (Å²) >= 11 is 0. The molecule has 0 aromatic heterocycles. The molecule has 0 bridgehead atoms. The summed E-state index contributed by atoms with van der Waals surface area (Å²) in [7, 11) is 0. The molecule has 13 aromatic carbocycles. The van der Waals surface area contributed by atoms with Gasteiger partial charge < -0.3 is 0 Å². The summed E-state index contributed by atoms with van der Waals surface area (Å²) < 4.78 is 0. The molecular weight excluding hydrogens is 769 g/mol. The highest BCUT2D eigenvalue weighted by molar-refractivity contribution is 6.26. The lowest BCUT2D eigenvalue weighted by Gasteiger charge is -2.20. The van der Waals surface area contributed by atoms with Crippen LogP contribution in [-0.4, -0.2) is 0 Å². The van der Waals surface area contributed by atoms with Gasteiger partial charge in [0, 0.05) is 0 Å². The Labute approximate surface area is 371 Å². The second-order valence-electron chi connectivity index (χ2n) is 17.1. The summed E-state index contributed by atoms with van der Waals surface area (Å²) in [5, 5.41) is 17.6. The fourth-order valence-corrected chi connectivity index (χ4v) is 10.8. The van der Waals surface area contributed by atoms with Crippen molar-refractivity contribution in [2.75, 3.05) is 0 Å². The lowest BCUT2D eigenvalue weighted by molar-refractivity contribution is 1.65. The number of hydrogen-bond acceptors (Lipinski definition) is 0. The molecule has 0 aliphatic rings. The first-order chi connectivity index (χ1) is 31.8. The van der Waals surface area contributed by atoms with Gasteiger partial charge in [0.1, 0.15) is 0 Å². The molecule has 0 unspecified atom stereocenters. The second-order valence-corrected chi connectivity index (χ2v) is 17.1. The van der Waals surface area contributed by atoms with E-state index in [0.717, 1.165) is 0 Å². The van der Waals surface area contributed by atoms with Crippen molar-refractivity contribution < 1.29 is 0 Å². The summed E-state index contributed by atoms with van der Waals surface area (Å²) in [6.07, 6.45) is 0. The molecule has 0 spiro atoms. The third-order valence-electron chi connectivity index (χ3n) is 13.6. The van der Waals surface area contributed by atoms with Gasteiger partial charge in [-0.05, 0) is 143 Å². The lowest BCUT2D eigenvalue weighted by atomic mass is 9.83. The zero-order chi connectivity index (χ0) is 42.1. The van der Waals surface area contributed by atoms with Gasteiger partial charge in [0.25, 0.3) is 0 Å². The van der Waals surface area contributed by atoms with Crippen molar-refractivity contribution in [2.24, 2.45) is 0 Å². The van der Waals surface area contributed by atoms with Crippen molar-refractivity contribution in [1.29, 1.82) is 0 Å². The molecule has 0 heterocycles. The number of fused-ring (bicyclic) bond motifs is 7. The summed E-state index contributed by atoms with van der Waals surface area (Å²) in [5.74, 6) is 0. The normalized spacial score (nSPS) is 11.8. The van der Waals surface area contributed by atoms with E-state index in [1.54, 1.807) is 0 Å². The van der Waals surface area contributed by atoms with E-state index in [4.69, 9.17) is 0 Å². The van der Waals surface area contributed by atoms with Crippen LogP contribution >= 0.6 is 0 Å². The van der Waals surface area contributed by atoms with Crippen LogP contribution in [0.5, 0.6) is 0 Å². The van der Waals surface area contributed by atoms with Gasteiger partial charge >= 0.3 is 0 Å². The van der Waals surface area contributed by atoms with E-state index >= 15 is 0 Å². The Morgan fingerprint density at radius 2 is 0.453 bits per heavy atom. The maximum atomic E-state index is 2.38. The quantitative estimate of drug-likeness (QED) is 0.152. The van der Waals surface area contributed by atoms with E-state index in [-0.39, 0.29) is 0 Å². The van der Waals surface area contributed by atoms with Crippen LogP contribution in [0.1, 0.15) is 0 Å². The topological polar surface area (TPSA) is 0 Å². The van der Waals surface area contributed by atoms with Gasteiger partial charge in [0.05, 0.1) is 0 Å². The fourth-order valence-electron chi connectivity index (χ4n) is 10.8. The minimum atomic E-state index is 1.21. The Kier molecular flexibility index (Phi) is 8.32. The molecule has 0 fully saturated rings. The van der Waals surface area contributed by atoms with Crippen LogP contribution < -0.4 is 0 Å². The van der Waals surface area contributed by atoms with Gasteiger partial charge in [0.2, 0.25) is 0 Å². The van der Waals surface area contributed by atoms with Crippen LogP contribution in [0.15, 0.2) is 243 Å². The summed E-state index contributed by atoms with van der Waals surface area (Å²) in [5.41, 5.74) is 12.6. The Balaban J connectivity index is 0.959. The van der Waals surface area contributed by atoms with Crippen LogP contribution in [0.4, 0.5) is 0 Å². The Morgan fingerprint density at radius 1 is 0.156 bits per heavy atom. The van der Waals surface area contributed by atoms with Crippen molar-refractivity contribution in [3.63, 3.8) is 0 Å². The first-order valence-electron chi connectivity index (χ1n) is 22.3. The van der Waals surface area contributed by atoms with Gasteiger partial charge in [-0.2, -0.15) is 0 Å². The third kappa shape index (κ3) is 5.63. The van der Waals surface area contributed by atoms with Crippen LogP contribution in [0, 0.1) is 0 Å². The van der Waals surface area contributed by atoms with Crippen molar-refractivity contribution in [3.8, 4) is 55.6 Å². The highest BCUT2D eigenvalue weighted by atomic mass is 14.2. The highest BCUT2D eigenvalue weighted by Gasteiger charge is 2.21. The largest absolute Gasteiger partial charge is 0.0622 e. The molecule has 296 valence electrons. The maximum absolute atomic E-state index is 2.38. The fraction of sp³-hybridized carbons (Fsp3) is 0. The van der Waals surface area contributed by atoms with Crippen molar-refractivity contribution in [3.05, 3.63) is 243 Å². The minimum absolute atomic E-state index is 1.21. The third-order valence-corrected chi connectivity index (χ3v) is 13.6. The Bertz CT molecular complexity index is 3880. The lowest BCUT2D eigenvalue weighted by Crippen LogP contribution is -1.92. The summed E-state index contributed by atoms with van der Waals surface area (Å²) in [4.78, 5) is 0. The molecule has 0 radical (unpaired) electrons. The van der Waals surface area contributed by atoms with Gasteiger partial charge in [-0.15, -0.1) is 0 Å². The maximum Gasteiger partial charge on any atom is -0.00201 e. The molecule has 0 aliphatic heterocycles. The number of benzene rings is 13. The molecular formula is C64H40. The zero-order valence-corrected chi connectivity index (χ0v) is 35.1. The van der Waals surface area contributed by atoms with E-state index in [0.29, 0.717) is 0 Å². The van der Waals surface area contributed by atoms with Crippen molar-refractivity contribution in [1.82, 2.24) is 0 Å². The Morgan fingerprint density at radius 3 is 0.859 bits per heavy atom. The standard InChI is InChI=1S/C64H40/c1-2-18-42(19-3-1)61-53-24-6-8-26-55(53)63(56-27-9-7-25-54(56)61)51-33-15-21-45-39-43(35-37-48(45)51)44-36-38-49-46(40-44)22-16-34-52(49)64-59-30-12-10-28-57(59)62(58-29-11-13-31-60(58)64)50-32-14-20-41-17-4-5-23-47(41)50/h1-40H. The molecule has 13 rings (SSSR count). The first kappa shape index (κ1) is 36.3. The minimum Gasteiger partial charge on any atom is -0.0622 e. The number of hydrogen-bond donors (Lipinski definition) is 0. The van der Waals surface area contributed by atoms with E-state index < -0.39 is 0 Å². The van der Waals surface area contributed by atoms with Gasteiger partial charge in [-0.1, -0.05) is 231 Å². The molecule has 0 N–H and O–H groups in total. The van der Waals surface area contributed by atoms with E-state index in [1.807, 2.05) is 0 Å². The van der Waals surface area contributed by atoms with Crippen LogP contribution in [0.25, 0.3) is 131 Å². The summed E-state index contributed by atoms with van der Waals surface area (Å²) in [6, 6.07) is 89.8. The predicted octanol–water partition coefficient (Wildman–Crippen LogP) is 18.1. The average molecular weight is 809 g/mol. The molecule has 0 aliphatic carbocycles. The second kappa shape index (κ2) is 14.7. The van der Waals surface area contributed by atoms with E-state index in [9.17, 15) is 0 Å². The molecule has 0 saturated heterocycles. The molecule has 0 atom stereocenters. The molecule has 0 heteroatoms. The van der Waals surface area contributed by atoms with E-state index in [2.05, 4.69) is 243 Å². The highest BCUT2D eigenvalue weighted by Crippen LogP contribution is 2.48. The first-order valence-corrected chi connectivity index (χ1v) is 22.3. The molecule has 0 nitrogen and oxygen atoms in total. The molecule has 0 saturated carbocycles. The van der Waals surface area contributed by atoms with Crippen LogP contribution in [0.3, 0.4) is 0 Å². The molecule has 0 amide bonds. The van der Waals surface area contributed by atoms with Crippen LogP contribution in [0.2, 0.25) is 0 Å². The van der Waals surface area contributed by atoms with E-state index in [1.165, 1.54) is 131 Å². The molecule has 13 aromatic rings. The Hall–Kier alpha value is -8.32.